The molecule has 1 aliphatic heterocycles. The Morgan fingerprint density at radius 3 is 2.62 bits per heavy atom. The SMILES string of the molecule is COCc1ccccc1C(=O)NC1CCN(CC2(O)CCCCC2)CC1. The second-order valence-corrected chi connectivity index (χ2v) is 7.90. The number of piperidine rings is 1. The number of amides is 1. The van der Waals surface area contributed by atoms with Crippen LogP contribution in [0.2, 0.25) is 0 Å². The van der Waals surface area contributed by atoms with Crippen LogP contribution >= 0.6 is 0 Å². The summed E-state index contributed by atoms with van der Waals surface area (Å²) in [5, 5.41) is 13.9. The summed E-state index contributed by atoms with van der Waals surface area (Å²) in [7, 11) is 1.64. The van der Waals surface area contributed by atoms with E-state index in [0.29, 0.717) is 12.2 Å². The number of carbonyl (C=O) groups excluding carboxylic acids is 1. The molecule has 0 atom stereocenters. The van der Waals surface area contributed by atoms with Gasteiger partial charge in [0.2, 0.25) is 0 Å². The van der Waals surface area contributed by atoms with Gasteiger partial charge in [0.1, 0.15) is 0 Å². The minimum absolute atomic E-state index is 0.0120. The van der Waals surface area contributed by atoms with Gasteiger partial charge in [-0.2, -0.15) is 0 Å². The van der Waals surface area contributed by atoms with E-state index in [-0.39, 0.29) is 11.9 Å². The number of nitrogens with one attached hydrogen (secondary N) is 1. The van der Waals surface area contributed by atoms with Gasteiger partial charge in [-0.15, -0.1) is 0 Å². The largest absolute Gasteiger partial charge is 0.389 e. The van der Waals surface area contributed by atoms with Crippen LogP contribution in [-0.2, 0) is 11.3 Å². The molecule has 1 amide bonds. The maximum atomic E-state index is 12.6. The highest BCUT2D eigenvalue weighted by molar-refractivity contribution is 5.95. The second kappa shape index (κ2) is 8.98. The summed E-state index contributed by atoms with van der Waals surface area (Å²) in [4.78, 5) is 15.0. The summed E-state index contributed by atoms with van der Waals surface area (Å²) in [6, 6.07) is 7.82. The molecule has 1 saturated carbocycles. The molecule has 26 heavy (non-hydrogen) atoms. The number of rotatable bonds is 6. The second-order valence-electron chi connectivity index (χ2n) is 7.90. The third-order valence-electron chi connectivity index (χ3n) is 5.79. The number of hydrogen-bond donors (Lipinski definition) is 2. The van der Waals surface area contributed by atoms with Crippen LogP contribution in [0.4, 0.5) is 0 Å². The quantitative estimate of drug-likeness (QED) is 0.819. The standard InChI is InChI=1S/C21H32N2O3/c1-26-15-17-7-3-4-8-19(17)20(24)22-18-9-13-23(14-10-18)16-21(25)11-5-2-6-12-21/h3-4,7-8,18,25H,2,5-6,9-16H2,1H3,(H,22,24). The van der Waals surface area contributed by atoms with Crippen molar-refractivity contribution in [2.45, 2.75) is 63.2 Å². The average Bonchev–Trinajstić information content (AvgIpc) is 2.64. The van der Waals surface area contributed by atoms with Gasteiger partial charge in [-0.1, -0.05) is 37.5 Å². The fraction of sp³-hybridized carbons (Fsp3) is 0.667. The van der Waals surface area contributed by atoms with Crippen molar-refractivity contribution in [2.75, 3.05) is 26.7 Å². The molecule has 2 fully saturated rings. The Balaban J connectivity index is 1.49. The van der Waals surface area contributed by atoms with Crippen molar-refractivity contribution in [1.82, 2.24) is 10.2 Å². The zero-order valence-corrected chi connectivity index (χ0v) is 15.9. The van der Waals surface area contributed by atoms with Crippen LogP contribution in [0.25, 0.3) is 0 Å². The number of likely N-dealkylation sites (tertiary alicyclic amines) is 1. The molecule has 2 aliphatic rings. The summed E-state index contributed by atoms with van der Waals surface area (Å²) in [5.41, 5.74) is 1.13. The van der Waals surface area contributed by atoms with E-state index in [9.17, 15) is 9.90 Å². The maximum absolute atomic E-state index is 12.6. The van der Waals surface area contributed by atoms with Crippen LogP contribution < -0.4 is 5.32 Å². The maximum Gasteiger partial charge on any atom is 0.251 e. The smallest absolute Gasteiger partial charge is 0.251 e. The van der Waals surface area contributed by atoms with Gasteiger partial charge >= 0.3 is 0 Å². The minimum atomic E-state index is -0.493. The van der Waals surface area contributed by atoms with Crippen molar-refractivity contribution in [3.05, 3.63) is 35.4 Å². The zero-order chi connectivity index (χ0) is 18.4. The highest BCUT2D eigenvalue weighted by Gasteiger charge is 2.33. The number of hydrogen-bond acceptors (Lipinski definition) is 4. The van der Waals surface area contributed by atoms with Gasteiger partial charge < -0.3 is 20.1 Å². The first kappa shape index (κ1) is 19.3. The van der Waals surface area contributed by atoms with Crippen molar-refractivity contribution < 1.29 is 14.6 Å². The molecule has 5 nitrogen and oxygen atoms in total. The molecule has 3 rings (SSSR count). The fourth-order valence-corrected chi connectivity index (χ4v) is 4.31. The average molecular weight is 360 g/mol. The Labute approximate surface area is 156 Å². The first-order valence-electron chi connectivity index (χ1n) is 9.92. The Morgan fingerprint density at radius 2 is 1.92 bits per heavy atom. The molecule has 1 saturated heterocycles. The molecular weight excluding hydrogens is 328 g/mol. The lowest BCUT2D eigenvalue weighted by Crippen LogP contribution is -2.50. The molecule has 0 unspecified atom stereocenters. The van der Waals surface area contributed by atoms with Crippen molar-refractivity contribution >= 4 is 5.91 Å². The molecular formula is C21H32N2O3. The monoisotopic (exact) mass is 360 g/mol. The van der Waals surface area contributed by atoms with Gasteiger partial charge in [-0.05, 0) is 37.3 Å². The Morgan fingerprint density at radius 1 is 1.23 bits per heavy atom. The van der Waals surface area contributed by atoms with Crippen molar-refractivity contribution in [3.63, 3.8) is 0 Å². The number of carbonyl (C=O) groups is 1. The van der Waals surface area contributed by atoms with E-state index in [0.717, 1.165) is 63.7 Å². The highest BCUT2D eigenvalue weighted by atomic mass is 16.5. The van der Waals surface area contributed by atoms with Crippen LogP contribution in [-0.4, -0.2) is 54.3 Å². The molecule has 0 aromatic heterocycles. The number of ether oxygens (including phenoxy) is 1. The number of methoxy groups -OCH3 is 1. The first-order valence-corrected chi connectivity index (χ1v) is 9.92. The van der Waals surface area contributed by atoms with Gasteiger partial charge in [-0.3, -0.25) is 4.79 Å². The Bertz CT molecular complexity index is 591. The molecule has 5 heteroatoms. The Hall–Kier alpha value is -1.43. The topological polar surface area (TPSA) is 61.8 Å². The molecule has 0 radical (unpaired) electrons. The summed E-state index contributed by atoms with van der Waals surface area (Å²) in [5.74, 6) is -0.0120. The van der Waals surface area contributed by atoms with Gasteiger partial charge in [0.15, 0.2) is 0 Å². The molecule has 1 aliphatic carbocycles. The van der Waals surface area contributed by atoms with E-state index in [2.05, 4.69) is 10.2 Å². The molecule has 2 N–H and O–H groups in total. The van der Waals surface area contributed by atoms with E-state index in [1.807, 2.05) is 24.3 Å². The third kappa shape index (κ3) is 5.06. The number of nitrogens with zero attached hydrogens (tertiary/aromatic N) is 1. The predicted molar refractivity (Wildman–Crippen MR) is 102 cm³/mol. The van der Waals surface area contributed by atoms with Crippen molar-refractivity contribution in [1.29, 1.82) is 0 Å². The Kier molecular flexibility index (Phi) is 6.68. The lowest BCUT2D eigenvalue weighted by molar-refractivity contribution is -0.0312. The van der Waals surface area contributed by atoms with E-state index in [1.54, 1.807) is 7.11 Å². The van der Waals surface area contributed by atoms with E-state index in [4.69, 9.17) is 4.74 Å². The molecule has 1 aromatic rings. The normalized spacial score (nSPS) is 21.5. The minimum Gasteiger partial charge on any atom is -0.389 e. The predicted octanol–water partition coefficient (Wildman–Crippen LogP) is 2.72. The third-order valence-corrected chi connectivity index (χ3v) is 5.79. The summed E-state index contributed by atoms with van der Waals surface area (Å²) in [6.07, 6.45) is 7.27. The van der Waals surface area contributed by atoms with E-state index < -0.39 is 5.60 Å². The summed E-state index contributed by atoms with van der Waals surface area (Å²) in [6.45, 7) is 3.10. The fourth-order valence-electron chi connectivity index (χ4n) is 4.31. The number of aliphatic hydroxyl groups is 1. The van der Waals surface area contributed by atoms with Crippen LogP contribution in [0.3, 0.4) is 0 Å². The molecule has 1 heterocycles. The lowest BCUT2D eigenvalue weighted by atomic mass is 9.84. The van der Waals surface area contributed by atoms with Crippen LogP contribution in [0, 0.1) is 0 Å². The van der Waals surface area contributed by atoms with Gasteiger partial charge in [0.05, 0.1) is 12.2 Å². The number of β-amino-alcohol motifs (C(OH)–C–C–N with tert-alkyl or cyclic N) is 1. The first-order chi connectivity index (χ1) is 12.6. The van der Waals surface area contributed by atoms with Crippen LogP contribution in [0.5, 0.6) is 0 Å². The molecule has 144 valence electrons. The number of benzene rings is 1. The molecule has 0 spiro atoms. The van der Waals surface area contributed by atoms with Crippen LogP contribution in [0.1, 0.15) is 60.9 Å². The molecule has 1 aromatic carbocycles. The van der Waals surface area contributed by atoms with Gasteiger partial charge in [0.25, 0.3) is 5.91 Å². The van der Waals surface area contributed by atoms with Crippen LogP contribution in [0.15, 0.2) is 24.3 Å². The summed E-state index contributed by atoms with van der Waals surface area (Å²) >= 11 is 0. The lowest BCUT2D eigenvalue weighted by Gasteiger charge is -2.40. The van der Waals surface area contributed by atoms with Crippen molar-refractivity contribution in [2.24, 2.45) is 0 Å². The molecule has 0 bridgehead atoms. The zero-order valence-electron chi connectivity index (χ0n) is 15.9. The highest BCUT2D eigenvalue weighted by Crippen LogP contribution is 2.29. The van der Waals surface area contributed by atoms with E-state index in [1.165, 1.54) is 6.42 Å². The summed E-state index contributed by atoms with van der Waals surface area (Å²) < 4.78 is 5.19. The van der Waals surface area contributed by atoms with Gasteiger partial charge in [-0.25, -0.2) is 0 Å². The van der Waals surface area contributed by atoms with Gasteiger partial charge in [0, 0.05) is 38.3 Å². The van der Waals surface area contributed by atoms with Crippen molar-refractivity contribution in [3.8, 4) is 0 Å². The van der Waals surface area contributed by atoms with E-state index >= 15 is 0 Å².